The van der Waals surface area contributed by atoms with E-state index >= 15 is 0 Å². The summed E-state index contributed by atoms with van der Waals surface area (Å²) in [4.78, 5) is 0. The first kappa shape index (κ1) is 9.31. The van der Waals surface area contributed by atoms with Crippen LogP contribution in [0.15, 0.2) is 36.5 Å². The van der Waals surface area contributed by atoms with E-state index in [9.17, 15) is 0 Å². The van der Waals surface area contributed by atoms with Gasteiger partial charge in [-0.3, -0.25) is 0 Å². The Morgan fingerprint density at radius 2 is 1.92 bits per heavy atom. The topological polar surface area (TPSA) is 0 Å². The summed E-state index contributed by atoms with van der Waals surface area (Å²) in [6.07, 6.45) is 14.5. The van der Waals surface area contributed by atoms with Crippen LogP contribution in [0.4, 0.5) is 0 Å². The molecule has 0 aliphatic heterocycles. The second kappa shape index (κ2) is 3.75. The Labute approximate surface area is 75.7 Å². The van der Waals surface area contributed by atoms with Crippen molar-refractivity contribution >= 4 is 0 Å². The van der Waals surface area contributed by atoms with Crippen LogP contribution in [0.25, 0.3) is 0 Å². The van der Waals surface area contributed by atoms with Gasteiger partial charge in [0.05, 0.1) is 0 Å². The van der Waals surface area contributed by atoms with Crippen molar-refractivity contribution in [1.82, 2.24) is 0 Å². The zero-order valence-electron chi connectivity index (χ0n) is 8.25. The van der Waals surface area contributed by atoms with Crippen LogP contribution in [0.2, 0.25) is 0 Å². The average molecular weight is 162 g/mol. The molecule has 1 aliphatic carbocycles. The van der Waals surface area contributed by atoms with Gasteiger partial charge in [0.2, 0.25) is 0 Å². The van der Waals surface area contributed by atoms with Crippen LogP contribution in [-0.2, 0) is 0 Å². The van der Waals surface area contributed by atoms with Gasteiger partial charge in [0.25, 0.3) is 0 Å². The Kier molecular flexibility index (Phi) is 2.91. The van der Waals surface area contributed by atoms with Gasteiger partial charge in [-0.25, -0.2) is 0 Å². The molecule has 0 aromatic rings. The zero-order valence-corrected chi connectivity index (χ0v) is 8.25. The maximum Gasteiger partial charge on any atom is -0.00788 e. The fraction of sp³-hybridized carbons (Fsp3) is 0.500. The highest BCUT2D eigenvalue weighted by Gasteiger charge is 2.11. The molecule has 12 heavy (non-hydrogen) atoms. The molecule has 0 saturated heterocycles. The highest BCUT2D eigenvalue weighted by Crippen LogP contribution is 2.24. The van der Waals surface area contributed by atoms with E-state index in [1.807, 2.05) is 0 Å². The summed E-state index contributed by atoms with van der Waals surface area (Å²) in [5.41, 5.74) is 0.310. The molecule has 0 radical (unpaired) electrons. The summed E-state index contributed by atoms with van der Waals surface area (Å²) in [6.45, 7) is 6.73. The Hall–Kier alpha value is -0.780. The van der Waals surface area contributed by atoms with Crippen LogP contribution < -0.4 is 0 Å². The number of hydrogen-bond donors (Lipinski definition) is 0. The third kappa shape index (κ3) is 3.08. The summed E-state index contributed by atoms with van der Waals surface area (Å²) in [5, 5.41) is 0. The molecule has 0 aromatic carbocycles. The molecule has 0 amide bonds. The molecular formula is C12H18. The third-order valence-corrected chi connectivity index (χ3v) is 2.16. The molecule has 0 N–H and O–H groups in total. The van der Waals surface area contributed by atoms with Crippen molar-refractivity contribution in [1.29, 1.82) is 0 Å². The van der Waals surface area contributed by atoms with Crippen molar-refractivity contribution in [3.05, 3.63) is 36.5 Å². The number of hydrogen-bond acceptors (Lipinski definition) is 0. The molecule has 1 aliphatic rings. The van der Waals surface area contributed by atoms with E-state index in [-0.39, 0.29) is 0 Å². The maximum absolute atomic E-state index is 2.28. The number of allylic oxidation sites excluding steroid dienone is 6. The van der Waals surface area contributed by atoms with Gasteiger partial charge in [-0.05, 0) is 17.8 Å². The van der Waals surface area contributed by atoms with Crippen molar-refractivity contribution in [3.63, 3.8) is 0 Å². The Morgan fingerprint density at radius 3 is 2.67 bits per heavy atom. The van der Waals surface area contributed by atoms with Gasteiger partial charge in [0.15, 0.2) is 0 Å². The smallest absolute Gasteiger partial charge is 0.00788 e. The SMILES string of the molecule is CC1C=CC=CC(C)(C)CC=C1. The summed E-state index contributed by atoms with van der Waals surface area (Å²) in [5.74, 6) is 0.573. The fourth-order valence-electron chi connectivity index (χ4n) is 1.27. The quantitative estimate of drug-likeness (QED) is 0.476. The van der Waals surface area contributed by atoms with E-state index in [1.54, 1.807) is 0 Å². The molecule has 0 bridgehead atoms. The molecule has 0 fully saturated rings. The first-order chi connectivity index (χ1) is 5.60. The second-order valence-corrected chi connectivity index (χ2v) is 4.22. The predicted molar refractivity (Wildman–Crippen MR) is 55.0 cm³/mol. The van der Waals surface area contributed by atoms with Crippen LogP contribution in [0, 0.1) is 11.3 Å². The molecule has 0 aromatic heterocycles. The van der Waals surface area contributed by atoms with Gasteiger partial charge in [0, 0.05) is 0 Å². The van der Waals surface area contributed by atoms with E-state index in [0.717, 1.165) is 6.42 Å². The summed E-state index contributed by atoms with van der Waals surface area (Å²) in [7, 11) is 0. The van der Waals surface area contributed by atoms with Gasteiger partial charge in [-0.1, -0.05) is 57.2 Å². The minimum atomic E-state index is 0.310. The molecule has 1 unspecified atom stereocenters. The highest BCUT2D eigenvalue weighted by molar-refractivity contribution is 5.13. The first-order valence-electron chi connectivity index (χ1n) is 4.63. The Bertz CT molecular complexity index is 216. The summed E-state index contributed by atoms with van der Waals surface area (Å²) >= 11 is 0. The van der Waals surface area contributed by atoms with Crippen molar-refractivity contribution in [2.75, 3.05) is 0 Å². The van der Waals surface area contributed by atoms with Crippen molar-refractivity contribution < 1.29 is 0 Å². The monoisotopic (exact) mass is 162 g/mol. The molecular weight excluding hydrogens is 144 g/mol. The lowest BCUT2D eigenvalue weighted by atomic mass is 9.89. The standard InChI is InChI=1S/C12H18/c1-11-7-4-5-9-12(2,3)10-6-8-11/h4-9,11H,10H2,1-3H3. The Morgan fingerprint density at radius 1 is 1.17 bits per heavy atom. The largest absolute Gasteiger partial charge is 0.0871 e. The van der Waals surface area contributed by atoms with E-state index in [2.05, 4.69) is 57.2 Å². The molecule has 1 rings (SSSR count). The summed E-state index contributed by atoms with van der Waals surface area (Å²) < 4.78 is 0. The van der Waals surface area contributed by atoms with Gasteiger partial charge in [0.1, 0.15) is 0 Å². The van der Waals surface area contributed by atoms with Gasteiger partial charge < -0.3 is 0 Å². The van der Waals surface area contributed by atoms with Gasteiger partial charge in [-0.2, -0.15) is 0 Å². The number of rotatable bonds is 0. The van der Waals surface area contributed by atoms with E-state index in [4.69, 9.17) is 0 Å². The Balaban J connectivity index is 2.76. The average Bonchev–Trinajstić information content (AvgIpc) is 2.02. The third-order valence-electron chi connectivity index (χ3n) is 2.16. The molecule has 0 heterocycles. The van der Waals surface area contributed by atoms with Gasteiger partial charge >= 0.3 is 0 Å². The molecule has 66 valence electrons. The van der Waals surface area contributed by atoms with Gasteiger partial charge in [-0.15, -0.1) is 0 Å². The second-order valence-electron chi connectivity index (χ2n) is 4.22. The van der Waals surface area contributed by atoms with Crippen LogP contribution >= 0.6 is 0 Å². The fourth-order valence-corrected chi connectivity index (χ4v) is 1.27. The van der Waals surface area contributed by atoms with Crippen LogP contribution in [0.5, 0.6) is 0 Å². The molecule has 0 nitrogen and oxygen atoms in total. The van der Waals surface area contributed by atoms with Crippen LogP contribution in [0.3, 0.4) is 0 Å². The van der Waals surface area contributed by atoms with E-state index in [0.29, 0.717) is 11.3 Å². The predicted octanol–water partition coefficient (Wildman–Crippen LogP) is 3.72. The summed E-state index contributed by atoms with van der Waals surface area (Å²) in [6, 6.07) is 0. The van der Waals surface area contributed by atoms with E-state index in [1.165, 1.54) is 0 Å². The molecule has 1 atom stereocenters. The maximum atomic E-state index is 2.28. The van der Waals surface area contributed by atoms with Crippen LogP contribution in [0.1, 0.15) is 27.2 Å². The van der Waals surface area contributed by atoms with Crippen LogP contribution in [-0.4, -0.2) is 0 Å². The lowest BCUT2D eigenvalue weighted by Crippen LogP contribution is -2.04. The lowest BCUT2D eigenvalue weighted by Gasteiger charge is -2.16. The lowest BCUT2D eigenvalue weighted by molar-refractivity contribution is 0.488. The molecule has 0 saturated carbocycles. The highest BCUT2D eigenvalue weighted by atomic mass is 14.2. The molecule has 0 spiro atoms. The molecule has 0 heteroatoms. The minimum absolute atomic E-state index is 0.310. The minimum Gasteiger partial charge on any atom is -0.0871 e. The van der Waals surface area contributed by atoms with Crippen molar-refractivity contribution in [3.8, 4) is 0 Å². The van der Waals surface area contributed by atoms with E-state index < -0.39 is 0 Å². The van der Waals surface area contributed by atoms with Crippen molar-refractivity contribution in [2.24, 2.45) is 11.3 Å². The normalized spacial score (nSPS) is 27.8. The first-order valence-corrected chi connectivity index (χ1v) is 4.63. The zero-order chi connectivity index (χ0) is 9.03. The van der Waals surface area contributed by atoms with Crippen molar-refractivity contribution in [2.45, 2.75) is 27.2 Å².